The van der Waals surface area contributed by atoms with Crippen molar-refractivity contribution in [3.05, 3.63) is 25.0 Å². The maximum Gasteiger partial charge on any atom is 0.323 e. The Kier molecular flexibility index (Phi) is 4.91. The Balaban J connectivity index is 2.65. The van der Waals surface area contributed by atoms with Crippen LogP contribution in [0, 0.1) is 0 Å². The summed E-state index contributed by atoms with van der Waals surface area (Å²) in [7, 11) is 0. The monoisotopic (exact) mass is 252 g/mol. The molecule has 1 rings (SSSR count). The number of hydrogen-bond acceptors (Lipinski definition) is 3. The summed E-state index contributed by atoms with van der Waals surface area (Å²) in [5.41, 5.74) is 0.529. The first-order valence-electron chi connectivity index (χ1n) is 5.48. The second-order valence-corrected chi connectivity index (χ2v) is 3.58. The van der Waals surface area contributed by atoms with E-state index in [0.717, 1.165) is 4.90 Å². The zero-order valence-corrected chi connectivity index (χ0v) is 10.2. The Labute approximate surface area is 105 Å². The lowest BCUT2D eigenvalue weighted by molar-refractivity contribution is -0.137. The number of carbonyl (C=O) groups excluding carboxylic acids is 1. The fourth-order valence-corrected chi connectivity index (χ4v) is 1.34. The highest BCUT2D eigenvalue weighted by molar-refractivity contribution is 5.91. The first-order chi connectivity index (χ1) is 8.56. The van der Waals surface area contributed by atoms with Crippen molar-refractivity contribution >= 4 is 17.7 Å². The number of urea groups is 1. The lowest BCUT2D eigenvalue weighted by Crippen LogP contribution is -2.38. The predicted molar refractivity (Wildman–Crippen MR) is 66.3 cm³/mol. The van der Waals surface area contributed by atoms with Crippen LogP contribution < -0.4 is 5.32 Å². The van der Waals surface area contributed by atoms with Gasteiger partial charge in [0.05, 0.1) is 11.9 Å². The van der Waals surface area contributed by atoms with E-state index in [0.29, 0.717) is 12.2 Å². The number of aliphatic carboxylic acids is 1. The summed E-state index contributed by atoms with van der Waals surface area (Å²) in [4.78, 5) is 23.6. The first-order valence-corrected chi connectivity index (χ1v) is 5.48. The molecule has 98 valence electrons. The van der Waals surface area contributed by atoms with Crippen molar-refractivity contribution in [3.63, 3.8) is 0 Å². The van der Waals surface area contributed by atoms with Gasteiger partial charge in [-0.3, -0.25) is 9.48 Å². The lowest BCUT2D eigenvalue weighted by atomic mass is 10.4. The molecule has 18 heavy (non-hydrogen) atoms. The van der Waals surface area contributed by atoms with Crippen molar-refractivity contribution in [2.24, 2.45) is 0 Å². The van der Waals surface area contributed by atoms with E-state index in [1.54, 1.807) is 10.9 Å². The van der Waals surface area contributed by atoms with E-state index in [2.05, 4.69) is 17.0 Å². The van der Waals surface area contributed by atoms with Crippen molar-refractivity contribution in [1.29, 1.82) is 0 Å². The fraction of sp³-hybridized carbons (Fsp3) is 0.364. The van der Waals surface area contributed by atoms with Crippen molar-refractivity contribution in [2.75, 3.05) is 18.4 Å². The van der Waals surface area contributed by atoms with Crippen molar-refractivity contribution < 1.29 is 14.7 Å². The van der Waals surface area contributed by atoms with Gasteiger partial charge in [-0.05, 0) is 6.92 Å². The highest BCUT2D eigenvalue weighted by atomic mass is 16.4. The standard InChI is InChI=1S/C11H16N4O3/c1-3-5-14(8-10(16)17)11(18)13-9-6-12-15(4-2)7-9/h3,6-7H,1,4-5,8H2,2H3,(H,13,18)(H,16,17). The molecule has 0 aliphatic heterocycles. The highest BCUT2D eigenvalue weighted by Gasteiger charge is 2.15. The number of anilines is 1. The third-order valence-electron chi connectivity index (χ3n) is 2.17. The van der Waals surface area contributed by atoms with Gasteiger partial charge in [-0.25, -0.2) is 4.79 Å². The van der Waals surface area contributed by atoms with Crippen LogP contribution in [0.4, 0.5) is 10.5 Å². The Morgan fingerprint density at radius 2 is 2.39 bits per heavy atom. The van der Waals surface area contributed by atoms with E-state index in [9.17, 15) is 9.59 Å². The van der Waals surface area contributed by atoms with Crippen LogP contribution in [-0.2, 0) is 11.3 Å². The second-order valence-electron chi connectivity index (χ2n) is 3.58. The minimum atomic E-state index is -1.07. The number of aromatic nitrogens is 2. The maximum absolute atomic E-state index is 11.8. The summed E-state index contributed by atoms with van der Waals surface area (Å²) in [5.74, 6) is -1.07. The molecule has 0 unspecified atom stereocenters. The van der Waals surface area contributed by atoms with Crippen molar-refractivity contribution in [3.8, 4) is 0 Å². The van der Waals surface area contributed by atoms with Gasteiger partial charge in [0.1, 0.15) is 6.54 Å². The van der Waals surface area contributed by atoms with Crippen molar-refractivity contribution in [2.45, 2.75) is 13.5 Å². The number of carboxylic acid groups (broad SMARTS) is 1. The molecule has 1 heterocycles. The van der Waals surface area contributed by atoms with Gasteiger partial charge < -0.3 is 15.3 Å². The van der Waals surface area contributed by atoms with Gasteiger partial charge in [0.15, 0.2) is 0 Å². The first kappa shape index (κ1) is 13.8. The molecule has 0 atom stereocenters. The van der Waals surface area contributed by atoms with Crippen LogP contribution in [0.3, 0.4) is 0 Å². The Morgan fingerprint density at radius 3 is 2.89 bits per heavy atom. The zero-order valence-electron chi connectivity index (χ0n) is 10.2. The summed E-state index contributed by atoms with van der Waals surface area (Å²) in [6.45, 7) is 5.89. The molecule has 0 fully saturated rings. The van der Waals surface area contributed by atoms with Crippen molar-refractivity contribution in [1.82, 2.24) is 14.7 Å². The number of amides is 2. The summed E-state index contributed by atoms with van der Waals surface area (Å²) in [6, 6.07) is -0.493. The second kappa shape index (κ2) is 6.43. The number of rotatable bonds is 6. The zero-order chi connectivity index (χ0) is 13.5. The van der Waals surface area contributed by atoms with E-state index in [1.807, 2.05) is 6.92 Å². The molecule has 7 heteroatoms. The Hall–Kier alpha value is -2.31. The SMILES string of the molecule is C=CCN(CC(=O)O)C(=O)Nc1cnn(CC)c1. The number of nitrogens with one attached hydrogen (secondary N) is 1. The summed E-state index contributed by atoms with van der Waals surface area (Å²) in [6.07, 6.45) is 4.65. The quantitative estimate of drug-likeness (QED) is 0.739. The molecule has 0 aliphatic rings. The van der Waals surface area contributed by atoms with Gasteiger partial charge >= 0.3 is 12.0 Å². The van der Waals surface area contributed by atoms with Crippen LogP contribution in [0.1, 0.15) is 6.92 Å². The number of aryl methyl sites for hydroxylation is 1. The summed E-state index contributed by atoms with van der Waals surface area (Å²) < 4.78 is 1.66. The van der Waals surface area contributed by atoms with E-state index in [1.165, 1.54) is 12.3 Å². The van der Waals surface area contributed by atoms with Crippen LogP contribution in [-0.4, -0.2) is 44.9 Å². The van der Waals surface area contributed by atoms with E-state index >= 15 is 0 Å². The smallest absolute Gasteiger partial charge is 0.323 e. The predicted octanol–water partition coefficient (Wildman–Crippen LogP) is 1.01. The molecular formula is C11H16N4O3. The van der Waals surface area contributed by atoms with Gasteiger partial charge in [0.2, 0.25) is 0 Å². The molecule has 1 aromatic heterocycles. The fourth-order valence-electron chi connectivity index (χ4n) is 1.34. The van der Waals surface area contributed by atoms with Gasteiger partial charge in [0.25, 0.3) is 0 Å². The van der Waals surface area contributed by atoms with Gasteiger partial charge in [-0.1, -0.05) is 6.08 Å². The maximum atomic E-state index is 11.8. The van der Waals surface area contributed by atoms with Crippen LogP contribution in [0.25, 0.3) is 0 Å². The average molecular weight is 252 g/mol. The number of carbonyl (C=O) groups is 2. The number of hydrogen-bond donors (Lipinski definition) is 2. The molecule has 0 radical (unpaired) electrons. The molecule has 2 N–H and O–H groups in total. The van der Waals surface area contributed by atoms with Gasteiger partial charge in [-0.2, -0.15) is 5.10 Å². The third-order valence-corrected chi connectivity index (χ3v) is 2.17. The minimum absolute atomic E-state index is 0.167. The molecule has 1 aromatic rings. The molecule has 0 saturated heterocycles. The van der Waals surface area contributed by atoms with Crippen LogP contribution in [0.5, 0.6) is 0 Å². The lowest BCUT2D eigenvalue weighted by Gasteiger charge is -2.18. The Bertz CT molecular complexity index is 441. The molecule has 0 aromatic carbocycles. The molecular weight excluding hydrogens is 236 g/mol. The molecule has 0 spiro atoms. The van der Waals surface area contributed by atoms with E-state index in [4.69, 9.17) is 5.11 Å². The highest BCUT2D eigenvalue weighted by Crippen LogP contribution is 2.06. The number of nitrogens with zero attached hydrogens (tertiary/aromatic N) is 3. The summed E-state index contributed by atoms with van der Waals surface area (Å²) >= 11 is 0. The normalized spacial score (nSPS) is 9.83. The minimum Gasteiger partial charge on any atom is -0.480 e. The third kappa shape index (κ3) is 3.93. The van der Waals surface area contributed by atoms with E-state index in [-0.39, 0.29) is 13.1 Å². The topological polar surface area (TPSA) is 87.5 Å². The summed E-state index contributed by atoms with van der Waals surface area (Å²) in [5, 5.41) is 15.3. The molecule has 7 nitrogen and oxygen atoms in total. The molecule has 0 bridgehead atoms. The largest absolute Gasteiger partial charge is 0.480 e. The Morgan fingerprint density at radius 1 is 1.67 bits per heavy atom. The van der Waals surface area contributed by atoms with Crippen LogP contribution in [0.2, 0.25) is 0 Å². The number of carboxylic acids is 1. The molecule has 0 aliphatic carbocycles. The van der Waals surface area contributed by atoms with E-state index < -0.39 is 12.0 Å². The van der Waals surface area contributed by atoms with Crippen LogP contribution >= 0.6 is 0 Å². The van der Waals surface area contributed by atoms with Gasteiger partial charge in [0, 0.05) is 19.3 Å². The van der Waals surface area contributed by atoms with Gasteiger partial charge in [-0.15, -0.1) is 6.58 Å². The molecule has 2 amide bonds. The average Bonchev–Trinajstić information content (AvgIpc) is 2.75. The van der Waals surface area contributed by atoms with Crippen LogP contribution in [0.15, 0.2) is 25.0 Å². The molecule has 0 saturated carbocycles.